The highest BCUT2D eigenvalue weighted by molar-refractivity contribution is 5.68. The molecule has 0 spiro atoms. The number of aromatic amines is 1. The lowest BCUT2D eigenvalue weighted by atomic mass is 10.2. The first-order valence-corrected chi connectivity index (χ1v) is 4.77. The lowest BCUT2D eigenvalue weighted by molar-refractivity contribution is 1.23. The van der Waals surface area contributed by atoms with Gasteiger partial charge in [-0.05, 0) is 23.8 Å². The van der Waals surface area contributed by atoms with Gasteiger partial charge in [-0.1, -0.05) is 36.4 Å². The Morgan fingerprint density at radius 1 is 0.933 bits per heavy atom. The summed E-state index contributed by atoms with van der Waals surface area (Å²) in [6.07, 6.45) is 5.36. The van der Waals surface area contributed by atoms with Gasteiger partial charge in [0.25, 0.3) is 5.56 Å². The predicted octanol–water partition coefficient (Wildman–Crippen LogP) is 2.55. The highest BCUT2D eigenvalue weighted by atomic mass is 16.1. The summed E-state index contributed by atoms with van der Waals surface area (Å²) in [5, 5.41) is 0. The Morgan fingerprint density at radius 3 is 2.47 bits per heavy atom. The Kier molecular flexibility index (Phi) is 2.79. The SMILES string of the molecule is O=c1[nH]cccc1C=Cc1ccccc1. The molecule has 2 nitrogen and oxygen atoms in total. The van der Waals surface area contributed by atoms with E-state index in [0.29, 0.717) is 5.56 Å². The van der Waals surface area contributed by atoms with Gasteiger partial charge in [-0.2, -0.15) is 0 Å². The molecule has 0 aliphatic carbocycles. The third-order valence-electron chi connectivity index (χ3n) is 2.10. The van der Waals surface area contributed by atoms with E-state index >= 15 is 0 Å². The molecular weight excluding hydrogens is 186 g/mol. The summed E-state index contributed by atoms with van der Waals surface area (Å²) in [7, 11) is 0. The summed E-state index contributed by atoms with van der Waals surface area (Å²) in [5.74, 6) is 0. The number of H-pyrrole nitrogens is 1. The van der Waals surface area contributed by atoms with Crippen molar-refractivity contribution in [1.29, 1.82) is 0 Å². The van der Waals surface area contributed by atoms with E-state index in [-0.39, 0.29) is 5.56 Å². The lowest BCUT2D eigenvalue weighted by Gasteiger charge is -1.92. The Morgan fingerprint density at radius 2 is 1.73 bits per heavy atom. The molecule has 2 rings (SSSR count). The van der Waals surface area contributed by atoms with Crippen LogP contribution in [0.1, 0.15) is 11.1 Å². The summed E-state index contributed by atoms with van der Waals surface area (Å²) in [4.78, 5) is 14.0. The van der Waals surface area contributed by atoms with Gasteiger partial charge in [-0.25, -0.2) is 0 Å². The van der Waals surface area contributed by atoms with Crippen molar-refractivity contribution in [3.05, 3.63) is 70.1 Å². The standard InChI is InChI=1S/C13H11NO/c15-13-12(7-4-10-14-13)9-8-11-5-2-1-3-6-11/h1-10H,(H,14,15). The summed E-state index contributed by atoms with van der Waals surface area (Å²) < 4.78 is 0. The van der Waals surface area contributed by atoms with Crippen molar-refractivity contribution in [3.63, 3.8) is 0 Å². The molecule has 1 aromatic carbocycles. The first-order valence-electron chi connectivity index (χ1n) is 4.77. The molecule has 0 amide bonds. The predicted molar refractivity (Wildman–Crippen MR) is 62.4 cm³/mol. The third-order valence-corrected chi connectivity index (χ3v) is 2.10. The molecule has 0 aliphatic heterocycles. The highest BCUT2D eigenvalue weighted by Gasteiger charge is 1.91. The molecule has 0 unspecified atom stereocenters. The molecule has 2 aromatic rings. The summed E-state index contributed by atoms with van der Waals surface area (Å²) >= 11 is 0. The van der Waals surface area contributed by atoms with E-state index in [1.54, 1.807) is 12.3 Å². The topological polar surface area (TPSA) is 32.9 Å². The summed E-state index contributed by atoms with van der Waals surface area (Å²) in [5.41, 5.74) is 1.69. The molecule has 1 aromatic heterocycles. The highest BCUT2D eigenvalue weighted by Crippen LogP contribution is 2.04. The molecule has 0 radical (unpaired) electrons. The number of benzene rings is 1. The molecule has 1 N–H and O–H groups in total. The van der Waals surface area contributed by atoms with Crippen molar-refractivity contribution in [2.75, 3.05) is 0 Å². The number of rotatable bonds is 2. The van der Waals surface area contributed by atoms with E-state index in [0.717, 1.165) is 5.56 Å². The molecule has 0 aliphatic rings. The maximum absolute atomic E-state index is 11.3. The molecule has 0 bridgehead atoms. The van der Waals surface area contributed by atoms with Crippen LogP contribution in [0.5, 0.6) is 0 Å². The molecule has 74 valence electrons. The van der Waals surface area contributed by atoms with Gasteiger partial charge in [0.05, 0.1) is 0 Å². The zero-order valence-corrected chi connectivity index (χ0v) is 8.18. The van der Waals surface area contributed by atoms with Crippen molar-refractivity contribution in [1.82, 2.24) is 4.98 Å². The molecule has 15 heavy (non-hydrogen) atoms. The monoisotopic (exact) mass is 197 g/mol. The van der Waals surface area contributed by atoms with E-state index in [1.807, 2.05) is 48.6 Å². The van der Waals surface area contributed by atoms with Gasteiger partial charge in [-0.15, -0.1) is 0 Å². The second-order valence-electron chi connectivity index (χ2n) is 3.20. The molecule has 1 heterocycles. The molecular formula is C13H11NO. The second-order valence-corrected chi connectivity index (χ2v) is 3.20. The Bertz CT molecular complexity index is 511. The smallest absolute Gasteiger partial charge is 0.255 e. The Labute approximate surface area is 87.9 Å². The van der Waals surface area contributed by atoms with Gasteiger partial charge >= 0.3 is 0 Å². The summed E-state index contributed by atoms with van der Waals surface area (Å²) in [6, 6.07) is 13.5. The molecule has 0 saturated heterocycles. The Hall–Kier alpha value is -2.09. The van der Waals surface area contributed by atoms with Crippen LogP contribution in [0.3, 0.4) is 0 Å². The zero-order chi connectivity index (χ0) is 10.5. The van der Waals surface area contributed by atoms with Crippen LogP contribution in [0, 0.1) is 0 Å². The Balaban J connectivity index is 2.27. The van der Waals surface area contributed by atoms with Gasteiger partial charge in [0.15, 0.2) is 0 Å². The minimum absolute atomic E-state index is 0.0651. The van der Waals surface area contributed by atoms with Crippen LogP contribution in [0.25, 0.3) is 12.2 Å². The largest absolute Gasteiger partial charge is 0.329 e. The van der Waals surface area contributed by atoms with Crippen LogP contribution in [-0.2, 0) is 0 Å². The van der Waals surface area contributed by atoms with Crippen molar-refractivity contribution in [3.8, 4) is 0 Å². The van der Waals surface area contributed by atoms with Crippen LogP contribution in [0.4, 0.5) is 0 Å². The number of aromatic nitrogens is 1. The number of hydrogen-bond acceptors (Lipinski definition) is 1. The van der Waals surface area contributed by atoms with Crippen molar-refractivity contribution in [2.24, 2.45) is 0 Å². The number of pyridine rings is 1. The fourth-order valence-electron chi connectivity index (χ4n) is 1.32. The second kappa shape index (κ2) is 4.42. The van der Waals surface area contributed by atoms with Crippen LogP contribution in [-0.4, -0.2) is 4.98 Å². The minimum atomic E-state index is -0.0651. The normalized spacial score (nSPS) is 10.7. The van der Waals surface area contributed by atoms with Gasteiger partial charge in [0.1, 0.15) is 0 Å². The zero-order valence-electron chi connectivity index (χ0n) is 8.18. The van der Waals surface area contributed by atoms with E-state index in [9.17, 15) is 4.79 Å². The maximum Gasteiger partial charge on any atom is 0.255 e. The van der Waals surface area contributed by atoms with E-state index in [4.69, 9.17) is 0 Å². The minimum Gasteiger partial charge on any atom is -0.329 e. The first-order chi connectivity index (χ1) is 7.36. The number of nitrogens with one attached hydrogen (secondary N) is 1. The lowest BCUT2D eigenvalue weighted by Crippen LogP contribution is -2.06. The fraction of sp³-hybridized carbons (Fsp3) is 0. The van der Waals surface area contributed by atoms with Crippen LogP contribution >= 0.6 is 0 Å². The fourth-order valence-corrected chi connectivity index (χ4v) is 1.32. The van der Waals surface area contributed by atoms with Crippen molar-refractivity contribution >= 4 is 12.2 Å². The quantitative estimate of drug-likeness (QED) is 0.788. The molecule has 0 saturated carbocycles. The molecule has 0 fully saturated rings. The van der Waals surface area contributed by atoms with Crippen LogP contribution < -0.4 is 5.56 Å². The average molecular weight is 197 g/mol. The van der Waals surface area contributed by atoms with Gasteiger partial charge in [-0.3, -0.25) is 4.79 Å². The van der Waals surface area contributed by atoms with Crippen molar-refractivity contribution < 1.29 is 0 Å². The molecule has 2 heteroatoms. The first kappa shape index (κ1) is 9.46. The van der Waals surface area contributed by atoms with Gasteiger partial charge in [0.2, 0.25) is 0 Å². The molecule has 0 atom stereocenters. The van der Waals surface area contributed by atoms with E-state index in [1.165, 1.54) is 0 Å². The van der Waals surface area contributed by atoms with Crippen LogP contribution in [0.15, 0.2) is 53.5 Å². The van der Waals surface area contributed by atoms with Crippen molar-refractivity contribution in [2.45, 2.75) is 0 Å². The average Bonchev–Trinajstić information content (AvgIpc) is 2.29. The van der Waals surface area contributed by atoms with Crippen LogP contribution in [0.2, 0.25) is 0 Å². The van der Waals surface area contributed by atoms with E-state index in [2.05, 4.69) is 4.98 Å². The number of hydrogen-bond donors (Lipinski definition) is 1. The van der Waals surface area contributed by atoms with Gasteiger partial charge in [0, 0.05) is 11.8 Å². The summed E-state index contributed by atoms with van der Waals surface area (Å²) in [6.45, 7) is 0. The van der Waals surface area contributed by atoms with Gasteiger partial charge < -0.3 is 4.98 Å². The third kappa shape index (κ3) is 2.44. The van der Waals surface area contributed by atoms with E-state index < -0.39 is 0 Å². The maximum atomic E-state index is 11.3.